The SMILES string of the molecule is Cc1nc(Cl)nc(N2CCN(c3ncccc3C(F)(F)F)CC2)n1. The van der Waals surface area contributed by atoms with Crippen LogP contribution in [0.1, 0.15) is 11.4 Å². The van der Waals surface area contributed by atoms with Crippen molar-refractivity contribution in [2.24, 2.45) is 0 Å². The number of aromatic nitrogens is 4. The minimum absolute atomic E-state index is 0.0468. The Bertz CT molecular complexity index is 710. The molecule has 0 atom stereocenters. The Morgan fingerprint density at radius 2 is 1.71 bits per heavy atom. The van der Waals surface area contributed by atoms with Crippen LogP contribution in [-0.4, -0.2) is 46.1 Å². The lowest BCUT2D eigenvalue weighted by Crippen LogP contribution is -2.48. The molecule has 24 heavy (non-hydrogen) atoms. The van der Waals surface area contributed by atoms with Gasteiger partial charge in [0.15, 0.2) is 0 Å². The number of halogens is 4. The molecule has 0 N–H and O–H groups in total. The highest BCUT2D eigenvalue weighted by molar-refractivity contribution is 6.28. The maximum atomic E-state index is 13.1. The van der Waals surface area contributed by atoms with Crippen LogP contribution in [0.4, 0.5) is 24.9 Å². The van der Waals surface area contributed by atoms with Crippen molar-refractivity contribution in [1.29, 1.82) is 0 Å². The van der Waals surface area contributed by atoms with E-state index >= 15 is 0 Å². The Morgan fingerprint density at radius 1 is 1.04 bits per heavy atom. The van der Waals surface area contributed by atoms with Gasteiger partial charge in [-0.1, -0.05) is 0 Å². The fraction of sp³-hybridized carbons (Fsp3) is 0.429. The van der Waals surface area contributed by atoms with Gasteiger partial charge >= 0.3 is 6.18 Å². The van der Waals surface area contributed by atoms with Crippen LogP contribution in [0.25, 0.3) is 0 Å². The van der Waals surface area contributed by atoms with E-state index < -0.39 is 11.7 Å². The van der Waals surface area contributed by atoms with Crippen LogP contribution in [0.15, 0.2) is 18.3 Å². The van der Waals surface area contributed by atoms with Gasteiger partial charge < -0.3 is 9.80 Å². The Balaban J connectivity index is 1.76. The van der Waals surface area contributed by atoms with Crippen molar-refractivity contribution in [3.63, 3.8) is 0 Å². The van der Waals surface area contributed by atoms with Crippen LogP contribution in [-0.2, 0) is 6.18 Å². The van der Waals surface area contributed by atoms with Crippen molar-refractivity contribution in [2.45, 2.75) is 13.1 Å². The summed E-state index contributed by atoms with van der Waals surface area (Å²) in [6.07, 6.45) is -3.06. The van der Waals surface area contributed by atoms with Crippen molar-refractivity contribution in [3.8, 4) is 0 Å². The van der Waals surface area contributed by atoms with Gasteiger partial charge in [0.25, 0.3) is 0 Å². The smallest absolute Gasteiger partial charge is 0.353 e. The van der Waals surface area contributed by atoms with Crippen LogP contribution in [0.5, 0.6) is 0 Å². The number of rotatable bonds is 2. The Kier molecular flexibility index (Phi) is 4.44. The predicted molar refractivity (Wildman–Crippen MR) is 83.2 cm³/mol. The second-order valence-electron chi connectivity index (χ2n) is 5.30. The van der Waals surface area contributed by atoms with Crippen molar-refractivity contribution in [1.82, 2.24) is 19.9 Å². The van der Waals surface area contributed by atoms with Gasteiger partial charge in [0.2, 0.25) is 11.2 Å². The maximum absolute atomic E-state index is 13.1. The fourth-order valence-corrected chi connectivity index (χ4v) is 2.76. The van der Waals surface area contributed by atoms with E-state index in [1.165, 1.54) is 12.3 Å². The van der Waals surface area contributed by atoms with Gasteiger partial charge in [-0.2, -0.15) is 23.1 Å². The number of hydrogen-bond acceptors (Lipinski definition) is 6. The summed E-state index contributed by atoms with van der Waals surface area (Å²) in [5, 5.41) is 0.101. The van der Waals surface area contributed by atoms with Gasteiger partial charge in [-0.05, 0) is 30.7 Å². The average molecular weight is 359 g/mol. The number of alkyl halides is 3. The zero-order valence-electron chi connectivity index (χ0n) is 12.8. The third-order valence-corrected chi connectivity index (χ3v) is 3.83. The molecule has 1 fully saturated rings. The third kappa shape index (κ3) is 3.50. The van der Waals surface area contributed by atoms with Crippen molar-refractivity contribution >= 4 is 23.4 Å². The van der Waals surface area contributed by atoms with Gasteiger partial charge in [-0.3, -0.25) is 0 Å². The van der Waals surface area contributed by atoms with E-state index in [0.717, 1.165) is 6.07 Å². The second-order valence-corrected chi connectivity index (χ2v) is 5.64. The molecule has 3 heterocycles. The normalized spacial score (nSPS) is 15.7. The first-order chi connectivity index (χ1) is 11.3. The predicted octanol–water partition coefficient (Wildman–Crippen LogP) is 2.57. The monoisotopic (exact) mass is 358 g/mol. The molecule has 1 saturated heterocycles. The molecule has 0 bridgehead atoms. The lowest BCUT2D eigenvalue weighted by atomic mass is 10.2. The van der Waals surface area contributed by atoms with Crippen molar-refractivity contribution < 1.29 is 13.2 Å². The van der Waals surface area contributed by atoms with E-state index in [1.807, 2.05) is 4.90 Å². The third-order valence-electron chi connectivity index (χ3n) is 3.66. The molecular formula is C14H14ClF3N6. The lowest BCUT2D eigenvalue weighted by molar-refractivity contribution is -0.137. The topological polar surface area (TPSA) is 58.0 Å². The zero-order valence-corrected chi connectivity index (χ0v) is 13.5. The molecule has 6 nitrogen and oxygen atoms in total. The van der Waals surface area contributed by atoms with E-state index in [9.17, 15) is 13.2 Å². The summed E-state index contributed by atoms with van der Waals surface area (Å²) in [7, 11) is 0. The first-order valence-corrected chi connectivity index (χ1v) is 7.62. The molecule has 0 saturated carbocycles. The summed E-state index contributed by atoms with van der Waals surface area (Å²) in [5.74, 6) is 0.884. The van der Waals surface area contributed by atoms with Crippen LogP contribution in [0, 0.1) is 6.92 Å². The molecule has 0 unspecified atom stereocenters. The van der Waals surface area contributed by atoms with Gasteiger partial charge in [0, 0.05) is 32.4 Å². The van der Waals surface area contributed by atoms with Gasteiger partial charge in [0.05, 0.1) is 5.56 Å². The summed E-state index contributed by atoms with van der Waals surface area (Å²) in [6.45, 7) is 3.39. The number of piperazine rings is 1. The van der Waals surface area contributed by atoms with Gasteiger partial charge in [0.1, 0.15) is 11.6 Å². The Morgan fingerprint density at radius 3 is 2.33 bits per heavy atom. The molecule has 1 aliphatic heterocycles. The summed E-state index contributed by atoms with van der Waals surface area (Å²) in [5.41, 5.74) is -0.725. The summed E-state index contributed by atoms with van der Waals surface area (Å²) < 4.78 is 39.3. The minimum Gasteiger partial charge on any atom is -0.353 e. The van der Waals surface area contributed by atoms with E-state index in [4.69, 9.17) is 11.6 Å². The highest BCUT2D eigenvalue weighted by Crippen LogP contribution is 2.35. The molecule has 0 radical (unpaired) electrons. The highest BCUT2D eigenvalue weighted by atomic mass is 35.5. The van der Waals surface area contributed by atoms with Crippen molar-refractivity contribution in [3.05, 3.63) is 35.0 Å². The molecule has 10 heteroatoms. The first kappa shape index (κ1) is 16.7. The van der Waals surface area contributed by atoms with Crippen LogP contribution in [0.2, 0.25) is 5.28 Å². The van der Waals surface area contributed by atoms with E-state index in [0.29, 0.717) is 38.0 Å². The van der Waals surface area contributed by atoms with Crippen LogP contribution < -0.4 is 9.80 Å². The standard InChI is InChI=1S/C14H14ClF3N6/c1-9-20-12(15)22-13(21-9)24-7-5-23(6-8-24)11-10(14(16,17)18)3-2-4-19-11/h2-4H,5-8H2,1H3. The molecule has 0 spiro atoms. The number of aryl methyl sites for hydroxylation is 1. The van der Waals surface area contributed by atoms with Crippen LogP contribution in [0.3, 0.4) is 0 Å². The van der Waals surface area contributed by atoms with Gasteiger partial charge in [-0.25, -0.2) is 9.97 Å². The Hall–Kier alpha value is -2.16. The average Bonchev–Trinajstić information content (AvgIpc) is 2.53. The summed E-state index contributed by atoms with van der Waals surface area (Å²) in [6, 6.07) is 2.34. The Labute approximate surface area is 141 Å². The van der Waals surface area contributed by atoms with E-state index in [-0.39, 0.29) is 11.1 Å². The molecule has 0 aliphatic carbocycles. The zero-order chi connectivity index (χ0) is 17.3. The molecule has 1 aliphatic rings. The lowest BCUT2D eigenvalue weighted by Gasteiger charge is -2.36. The highest BCUT2D eigenvalue weighted by Gasteiger charge is 2.36. The molecule has 2 aromatic heterocycles. The largest absolute Gasteiger partial charge is 0.419 e. The molecule has 0 amide bonds. The minimum atomic E-state index is -4.43. The van der Waals surface area contributed by atoms with E-state index in [2.05, 4.69) is 19.9 Å². The van der Waals surface area contributed by atoms with Crippen LogP contribution >= 0.6 is 11.6 Å². The molecule has 0 aromatic carbocycles. The molecule has 128 valence electrons. The van der Waals surface area contributed by atoms with E-state index in [1.54, 1.807) is 11.8 Å². The number of pyridine rings is 1. The number of hydrogen-bond donors (Lipinski definition) is 0. The summed E-state index contributed by atoms with van der Waals surface area (Å²) >= 11 is 5.83. The number of anilines is 2. The molecule has 3 rings (SSSR count). The fourth-order valence-electron chi connectivity index (χ4n) is 2.57. The quantitative estimate of drug-likeness (QED) is 0.822. The second kappa shape index (κ2) is 6.39. The van der Waals surface area contributed by atoms with Gasteiger partial charge in [-0.15, -0.1) is 0 Å². The maximum Gasteiger partial charge on any atom is 0.419 e. The first-order valence-electron chi connectivity index (χ1n) is 7.25. The number of nitrogens with zero attached hydrogens (tertiary/aromatic N) is 6. The molecular weight excluding hydrogens is 345 g/mol. The summed E-state index contributed by atoms with van der Waals surface area (Å²) in [4.78, 5) is 19.6. The van der Waals surface area contributed by atoms with Crippen molar-refractivity contribution in [2.75, 3.05) is 36.0 Å². The molecule has 2 aromatic rings.